The largest absolute Gasteiger partial charge is 0.356 e. The molecule has 1 fully saturated rings. The number of carbonyl (C=O) groups excluding carboxylic acids is 2. The molecule has 2 aromatic rings. The van der Waals surface area contributed by atoms with Crippen molar-refractivity contribution in [3.05, 3.63) is 48.4 Å². The lowest BCUT2D eigenvalue weighted by Crippen LogP contribution is -2.42. The Hall–Kier alpha value is -3.47. The van der Waals surface area contributed by atoms with Gasteiger partial charge in [-0.1, -0.05) is 0 Å². The fourth-order valence-corrected chi connectivity index (χ4v) is 3.03. The number of hydrogen-bond acceptors (Lipinski definition) is 6. The molecule has 3 rings (SSSR count). The predicted octanol–water partition coefficient (Wildman–Crippen LogP) is 1.32. The van der Waals surface area contributed by atoms with Gasteiger partial charge in [0.15, 0.2) is 0 Å². The number of nitrogens with one attached hydrogen (secondary N) is 2. The minimum atomic E-state index is -0.701. The second-order valence-electron chi connectivity index (χ2n) is 6.32. The third-order valence-electron chi connectivity index (χ3n) is 4.50. The van der Waals surface area contributed by atoms with E-state index < -0.39 is 11.8 Å². The third-order valence-corrected chi connectivity index (χ3v) is 4.50. The van der Waals surface area contributed by atoms with E-state index in [0.717, 1.165) is 25.9 Å². The van der Waals surface area contributed by atoms with E-state index in [-0.39, 0.29) is 5.92 Å². The number of rotatable bonds is 4. The number of pyridine rings is 2. The Morgan fingerprint density at radius 3 is 2.67 bits per heavy atom. The van der Waals surface area contributed by atoms with Crippen LogP contribution < -0.4 is 15.5 Å². The van der Waals surface area contributed by atoms with Crippen LogP contribution in [0.1, 0.15) is 18.4 Å². The first-order valence-corrected chi connectivity index (χ1v) is 8.76. The number of carbonyl (C=O) groups is 2. The molecule has 3 heterocycles. The number of hydrogen-bond donors (Lipinski definition) is 2. The molecular weight excluding hydrogens is 344 g/mol. The van der Waals surface area contributed by atoms with Crippen LogP contribution >= 0.6 is 0 Å². The van der Waals surface area contributed by atoms with Gasteiger partial charge in [-0.05, 0) is 43.0 Å². The summed E-state index contributed by atoms with van der Waals surface area (Å²) in [5, 5.41) is 14.4. The maximum atomic E-state index is 12.0. The Morgan fingerprint density at radius 1 is 1.19 bits per heavy atom. The summed E-state index contributed by atoms with van der Waals surface area (Å²) in [6.07, 6.45) is 6.46. The first kappa shape index (κ1) is 18.3. The monoisotopic (exact) mass is 364 g/mol. The Bertz CT molecular complexity index is 841. The fraction of sp³-hybridized carbons (Fsp3) is 0.316. The lowest BCUT2D eigenvalue weighted by Gasteiger charge is -2.33. The van der Waals surface area contributed by atoms with Crippen LogP contribution in [0.5, 0.6) is 0 Å². The summed E-state index contributed by atoms with van der Waals surface area (Å²) in [5.41, 5.74) is 1.05. The van der Waals surface area contributed by atoms with E-state index >= 15 is 0 Å². The van der Waals surface area contributed by atoms with Crippen molar-refractivity contribution in [2.45, 2.75) is 12.8 Å². The van der Waals surface area contributed by atoms with Crippen LogP contribution in [0.2, 0.25) is 0 Å². The lowest BCUT2D eigenvalue weighted by atomic mass is 9.96. The molecule has 0 radical (unpaired) electrons. The predicted molar refractivity (Wildman–Crippen MR) is 99.8 cm³/mol. The molecule has 8 heteroatoms. The molecule has 1 aliphatic rings. The lowest BCUT2D eigenvalue weighted by molar-refractivity contribution is -0.136. The van der Waals surface area contributed by atoms with E-state index in [1.807, 2.05) is 0 Å². The molecule has 2 aromatic heterocycles. The van der Waals surface area contributed by atoms with Gasteiger partial charge in [-0.3, -0.25) is 14.6 Å². The van der Waals surface area contributed by atoms with E-state index in [1.54, 1.807) is 36.7 Å². The summed E-state index contributed by atoms with van der Waals surface area (Å²) < 4.78 is 0. The van der Waals surface area contributed by atoms with Crippen LogP contribution in [-0.2, 0) is 9.59 Å². The van der Waals surface area contributed by atoms with Crippen LogP contribution in [0.15, 0.2) is 42.9 Å². The van der Waals surface area contributed by atoms with Gasteiger partial charge in [-0.2, -0.15) is 5.26 Å². The molecular formula is C19H20N6O2. The van der Waals surface area contributed by atoms with Gasteiger partial charge in [0, 0.05) is 32.0 Å². The van der Waals surface area contributed by atoms with Gasteiger partial charge in [0.05, 0.1) is 17.4 Å². The SMILES string of the molecule is N#Cc1cccnc1N1CCC(CNC(=O)C(=O)Nc2cccnc2)CC1. The molecule has 2 N–H and O–H groups in total. The minimum Gasteiger partial charge on any atom is -0.356 e. The Balaban J connectivity index is 1.45. The second-order valence-corrected chi connectivity index (χ2v) is 6.32. The van der Waals surface area contributed by atoms with Gasteiger partial charge in [-0.15, -0.1) is 0 Å². The second kappa shape index (κ2) is 8.76. The molecule has 138 valence electrons. The van der Waals surface area contributed by atoms with Gasteiger partial charge in [0.1, 0.15) is 11.9 Å². The smallest absolute Gasteiger partial charge is 0.313 e. The van der Waals surface area contributed by atoms with E-state index in [2.05, 4.69) is 31.6 Å². The standard InChI is InChI=1S/C19H20N6O2/c20-11-15-3-1-8-22-17(15)25-9-5-14(6-10-25)12-23-18(26)19(27)24-16-4-2-7-21-13-16/h1-4,7-8,13-14H,5-6,9-10,12H2,(H,23,26)(H,24,27). The highest BCUT2D eigenvalue weighted by Crippen LogP contribution is 2.23. The zero-order chi connectivity index (χ0) is 19.1. The molecule has 0 unspecified atom stereocenters. The zero-order valence-corrected chi connectivity index (χ0v) is 14.8. The number of nitriles is 1. The summed E-state index contributed by atoms with van der Waals surface area (Å²) in [7, 11) is 0. The third kappa shape index (κ3) is 4.79. The van der Waals surface area contributed by atoms with Crippen LogP contribution in [0.25, 0.3) is 0 Å². The molecule has 0 bridgehead atoms. The van der Waals surface area contributed by atoms with Crippen molar-refractivity contribution in [1.29, 1.82) is 5.26 Å². The zero-order valence-electron chi connectivity index (χ0n) is 14.8. The average Bonchev–Trinajstić information content (AvgIpc) is 2.73. The van der Waals surface area contributed by atoms with E-state index in [4.69, 9.17) is 0 Å². The quantitative estimate of drug-likeness (QED) is 0.792. The fourth-order valence-electron chi connectivity index (χ4n) is 3.03. The first-order valence-electron chi connectivity index (χ1n) is 8.76. The molecule has 2 amide bonds. The Labute approximate surface area is 157 Å². The van der Waals surface area contributed by atoms with Crippen molar-refractivity contribution in [2.75, 3.05) is 29.9 Å². The van der Waals surface area contributed by atoms with Crippen molar-refractivity contribution in [1.82, 2.24) is 15.3 Å². The maximum absolute atomic E-state index is 12.0. The summed E-state index contributed by atoms with van der Waals surface area (Å²) in [6, 6.07) is 9.03. The molecule has 1 saturated heterocycles. The highest BCUT2D eigenvalue weighted by atomic mass is 16.2. The number of amides is 2. The number of nitrogens with zero attached hydrogens (tertiary/aromatic N) is 4. The van der Waals surface area contributed by atoms with Crippen molar-refractivity contribution < 1.29 is 9.59 Å². The molecule has 8 nitrogen and oxygen atoms in total. The molecule has 0 atom stereocenters. The van der Waals surface area contributed by atoms with Crippen LogP contribution in [0.4, 0.5) is 11.5 Å². The average molecular weight is 364 g/mol. The van der Waals surface area contributed by atoms with Crippen LogP contribution in [0.3, 0.4) is 0 Å². The maximum Gasteiger partial charge on any atom is 0.313 e. The van der Waals surface area contributed by atoms with Gasteiger partial charge >= 0.3 is 11.8 Å². The Morgan fingerprint density at radius 2 is 1.96 bits per heavy atom. The summed E-state index contributed by atoms with van der Waals surface area (Å²) in [4.78, 5) is 34.1. The molecule has 0 aromatic carbocycles. The summed E-state index contributed by atoms with van der Waals surface area (Å²) in [5.74, 6) is -0.366. The van der Waals surface area contributed by atoms with Crippen molar-refractivity contribution in [3.63, 3.8) is 0 Å². The minimum absolute atomic E-state index is 0.283. The van der Waals surface area contributed by atoms with Crippen molar-refractivity contribution >= 4 is 23.3 Å². The first-order chi connectivity index (χ1) is 13.2. The summed E-state index contributed by atoms with van der Waals surface area (Å²) >= 11 is 0. The number of aromatic nitrogens is 2. The number of piperidine rings is 1. The van der Waals surface area contributed by atoms with Gasteiger partial charge in [-0.25, -0.2) is 4.98 Å². The molecule has 1 aliphatic heterocycles. The molecule has 0 spiro atoms. The van der Waals surface area contributed by atoms with Crippen LogP contribution in [0, 0.1) is 17.2 Å². The van der Waals surface area contributed by atoms with Crippen molar-refractivity contribution in [2.24, 2.45) is 5.92 Å². The van der Waals surface area contributed by atoms with Gasteiger partial charge in [0.25, 0.3) is 0 Å². The molecule has 27 heavy (non-hydrogen) atoms. The highest BCUT2D eigenvalue weighted by Gasteiger charge is 2.23. The topological polar surface area (TPSA) is 111 Å². The normalized spacial score (nSPS) is 14.3. The highest BCUT2D eigenvalue weighted by molar-refractivity contribution is 6.39. The molecule has 0 saturated carbocycles. The summed E-state index contributed by atoms with van der Waals surface area (Å²) in [6.45, 7) is 1.96. The van der Waals surface area contributed by atoms with Crippen LogP contribution in [-0.4, -0.2) is 41.4 Å². The van der Waals surface area contributed by atoms with Crippen molar-refractivity contribution in [3.8, 4) is 6.07 Å². The van der Waals surface area contributed by atoms with E-state index in [1.165, 1.54) is 6.20 Å². The molecule has 0 aliphatic carbocycles. The van der Waals surface area contributed by atoms with Gasteiger partial charge < -0.3 is 15.5 Å². The van der Waals surface area contributed by atoms with E-state index in [0.29, 0.717) is 23.6 Å². The number of anilines is 2. The van der Waals surface area contributed by atoms with E-state index in [9.17, 15) is 14.9 Å². The Kier molecular flexibility index (Phi) is 5.94. The van der Waals surface area contributed by atoms with Gasteiger partial charge in [0.2, 0.25) is 0 Å².